The Hall–Kier alpha value is -2.97. The Morgan fingerprint density at radius 2 is 1.79 bits per heavy atom. The maximum atomic E-state index is 6.57. The van der Waals surface area contributed by atoms with Crippen molar-refractivity contribution in [2.24, 2.45) is 10.4 Å². The van der Waals surface area contributed by atoms with Crippen LogP contribution in [0.25, 0.3) is 0 Å². The molecular weight excluding hydrogens is 516 g/mol. The molecule has 1 N–H and O–H groups in total. The normalized spacial score (nSPS) is 20.0. The van der Waals surface area contributed by atoms with Crippen molar-refractivity contribution in [3.63, 3.8) is 0 Å². The molecular formula is C29H35ClN6OS. The molecule has 1 aromatic heterocycles. The lowest BCUT2D eigenvalue weighted by molar-refractivity contribution is 0.0469. The lowest BCUT2D eigenvalue weighted by Crippen LogP contribution is -2.52. The monoisotopic (exact) mass is 550 g/mol. The number of nitrogens with one attached hydrogen (secondary N) is 1. The lowest BCUT2D eigenvalue weighted by atomic mass is 9.79. The van der Waals surface area contributed by atoms with Crippen LogP contribution in [-0.2, 0) is 0 Å². The maximum absolute atomic E-state index is 6.57. The summed E-state index contributed by atoms with van der Waals surface area (Å²) < 4.78 is 8.31. The number of aryl methyl sites for hydroxylation is 1. The second-order valence-electron chi connectivity index (χ2n) is 11.3. The first-order valence-corrected chi connectivity index (χ1v) is 14.0. The summed E-state index contributed by atoms with van der Waals surface area (Å²) in [4.78, 5) is 12.0. The van der Waals surface area contributed by atoms with Crippen LogP contribution in [0.2, 0.25) is 5.02 Å². The standard InChI is InChI=1S/C29H35ClN6OS/c1-20-10-6-7-11-23(20)36-27(38)34-26(29(36)16-8-5-9-17-29)33-24(28(2,3)4)25(35-19-31-18-32-35)37-22-14-12-21(30)13-15-22/h6-7,10-15,18-19,24-25H,5,8-9,16-17H2,1-4H3,(H,33,34,38)/t24-,25+/m0/s1. The summed E-state index contributed by atoms with van der Waals surface area (Å²) in [5, 5.41) is 9.37. The molecule has 9 heteroatoms. The van der Waals surface area contributed by atoms with Gasteiger partial charge in [-0.15, -0.1) is 0 Å². The van der Waals surface area contributed by atoms with E-state index in [0.29, 0.717) is 15.9 Å². The fourth-order valence-electron chi connectivity index (χ4n) is 5.57. The third-order valence-corrected chi connectivity index (χ3v) is 8.06. The van der Waals surface area contributed by atoms with Crippen molar-refractivity contribution in [1.29, 1.82) is 0 Å². The molecule has 0 bridgehead atoms. The van der Waals surface area contributed by atoms with Crippen molar-refractivity contribution in [2.45, 2.75) is 77.6 Å². The van der Waals surface area contributed by atoms with Gasteiger partial charge in [-0.25, -0.2) is 9.67 Å². The van der Waals surface area contributed by atoms with Crippen molar-refractivity contribution < 1.29 is 4.74 Å². The number of anilines is 1. The highest BCUT2D eigenvalue weighted by atomic mass is 35.5. The predicted molar refractivity (Wildman–Crippen MR) is 157 cm³/mol. The van der Waals surface area contributed by atoms with Gasteiger partial charge in [0.2, 0.25) is 6.23 Å². The number of aromatic nitrogens is 3. The van der Waals surface area contributed by atoms with E-state index in [1.54, 1.807) is 11.0 Å². The Bertz CT molecular complexity index is 1300. The molecule has 2 fully saturated rings. The quantitative estimate of drug-likeness (QED) is 0.343. The molecule has 1 saturated heterocycles. The van der Waals surface area contributed by atoms with Gasteiger partial charge in [0.1, 0.15) is 35.8 Å². The maximum Gasteiger partial charge on any atom is 0.215 e. The van der Waals surface area contributed by atoms with Gasteiger partial charge in [0.15, 0.2) is 5.11 Å². The van der Waals surface area contributed by atoms with Crippen LogP contribution in [-0.4, -0.2) is 37.3 Å². The molecule has 1 aliphatic heterocycles. The van der Waals surface area contributed by atoms with Gasteiger partial charge in [-0.05, 0) is 73.3 Å². The lowest BCUT2D eigenvalue weighted by Gasteiger charge is -2.42. The molecule has 3 aromatic rings. The molecule has 2 atom stereocenters. The van der Waals surface area contributed by atoms with E-state index >= 15 is 0 Å². The summed E-state index contributed by atoms with van der Waals surface area (Å²) in [6.07, 6.45) is 8.10. The van der Waals surface area contributed by atoms with Crippen LogP contribution in [0.3, 0.4) is 0 Å². The van der Waals surface area contributed by atoms with Gasteiger partial charge in [-0.3, -0.25) is 4.99 Å². The zero-order chi connectivity index (χ0) is 26.9. The zero-order valence-corrected chi connectivity index (χ0v) is 24.0. The van der Waals surface area contributed by atoms with Crippen LogP contribution in [0, 0.1) is 12.3 Å². The summed E-state index contributed by atoms with van der Waals surface area (Å²) >= 11 is 12.1. The van der Waals surface area contributed by atoms with Crippen LogP contribution >= 0.6 is 23.8 Å². The molecule has 1 saturated carbocycles. The number of halogens is 1. The van der Waals surface area contributed by atoms with Gasteiger partial charge in [-0.2, -0.15) is 5.10 Å². The van der Waals surface area contributed by atoms with E-state index in [1.807, 2.05) is 24.3 Å². The van der Waals surface area contributed by atoms with Crippen molar-refractivity contribution in [1.82, 2.24) is 20.1 Å². The Morgan fingerprint density at radius 1 is 1.08 bits per heavy atom. The Balaban J connectivity index is 1.61. The summed E-state index contributed by atoms with van der Waals surface area (Å²) in [6.45, 7) is 8.67. The first-order chi connectivity index (χ1) is 18.2. The van der Waals surface area contributed by atoms with E-state index in [-0.39, 0.29) is 17.0 Å². The molecule has 1 spiro atoms. The third-order valence-electron chi connectivity index (χ3n) is 7.53. The molecule has 2 heterocycles. The largest absolute Gasteiger partial charge is 0.466 e. The average Bonchev–Trinajstić information content (AvgIpc) is 3.50. The third kappa shape index (κ3) is 5.16. The highest BCUT2D eigenvalue weighted by molar-refractivity contribution is 7.80. The minimum Gasteiger partial charge on any atom is -0.466 e. The predicted octanol–water partition coefficient (Wildman–Crippen LogP) is 6.73. The van der Waals surface area contributed by atoms with Gasteiger partial charge in [0.25, 0.3) is 0 Å². The molecule has 2 aliphatic rings. The smallest absolute Gasteiger partial charge is 0.215 e. The summed E-state index contributed by atoms with van der Waals surface area (Å²) in [5.41, 5.74) is 1.74. The first kappa shape index (κ1) is 26.6. The zero-order valence-electron chi connectivity index (χ0n) is 22.4. The fourth-order valence-corrected chi connectivity index (χ4v) is 6.06. The molecule has 1 aliphatic carbocycles. The number of benzene rings is 2. The number of para-hydroxylation sites is 1. The number of ether oxygens (including phenoxy) is 1. The van der Waals surface area contributed by atoms with Crippen molar-refractivity contribution in [3.05, 3.63) is 71.8 Å². The van der Waals surface area contributed by atoms with Crippen molar-refractivity contribution in [3.8, 4) is 5.75 Å². The molecule has 0 amide bonds. The number of hydrogen-bond donors (Lipinski definition) is 1. The molecule has 38 heavy (non-hydrogen) atoms. The van der Waals surface area contributed by atoms with E-state index < -0.39 is 6.23 Å². The van der Waals surface area contributed by atoms with Crippen LogP contribution in [0.1, 0.15) is 64.7 Å². The van der Waals surface area contributed by atoms with Gasteiger partial charge in [0.05, 0.1) is 0 Å². The molecule has 5 rings (SSSR count). The van der Waals surface area contributed by atoms with Crippen LogP contribution in [0.5, 0.6) is 5.75 Å². The first-order valence-electron chi connectivity index (χ1n) is 13.2. The number of thiocarbonyl (C=S) groups is 1. The van der Waals surface area contributed by atoms with Crippen molar-refractivity contribution >= 4 is 40.5 Å². The van der Waals surface area contributed by atoms with E-state index in [1.165, 1.54) is 18.3 Å². The van der Waals surface area contributed by atoms with E-state index in [4.69, 9.17) is 33.5 Å². The fraction of sp³-hybridized carbons (Fsp3) is 0.448. The van der Waals surface area contributed by atoms with Crippen LogP contribution in [0.4, 0.5) is 5.69 Å². The minimum absolute atomic E-state index is 0.273. The highest BCUT2D eigenvalue weighted by Crippen LogP contribution is 2.43. The minimum atomic E-state index is -0.533. The number of amidine groups is 1. The molecule has 200 valence electrons. The number of aliphatic imine (C=N–C) groups is 1. The number of rotatable bonds is 6. The second-order valence-corrected chi connectivity index (χ2v) is 12.1. The highest BCUT2D eigenvalue weighted by Gasteiger charge is 2.51. The second kappa shape index (κ2) is 10.7. The van der Waals surface area contributed by atoms with Crippen LogP contribution in [0.15, 0.2) is 66.2 Å². The molecule has 7 nitrogen and oxygen atoms in total. The van der Waals surface area contributed by atoms with Gasteiger partial charge >= 0.3 is 0 Å². The average molecular weight is 551 g/mol. The van der Waals surface area contributed by atoms with E-state index in [0.717, 1.165) is 37.2 Å². The number of hydrogen-bond acceptors (Lipinski definition) is 5. The van der Waals surface area contributed by atoms with E-state index in [9.17, 15) is 0 Å². The molecule has 0 unspecified atom stereocenters. The summed E-state index contributed by atoms with van der Waals surface area (Å²) in [6, 6.07) is 15.5. The summed E-state index contributed by atoms with van der Waals surface area (Å²) in [7, 11) is 0. The Kier molecular flexibility index (Phi) is 7.47. The molecule has 0 radical (unpaired) electrons. The van der Waals surface area contributed by atoms with Gasteiger partial charge in [0, 0.05) is 10.7 Å². The van der Waals surface area contributed by atoms with Crippen LogP contribution < -0.4 is 15.0 Å². The van der Waals surface area contributed by atoms with Crippen molar-refractivity contribution in [2.75, 3.05) is 4.90 Å². The Labute approximate surface area is 235 Å². The SMILES string of the molecule is Cc1ccccc1N1C(=S)NC(=N[C@@H]([C@@H](Oc2ccc(Cl)cc2)n2cncn2)C(C)(C)C)C12CCCCC2. The topological polar surface area (TPSA) is 67.6 Å². The summed E-state index contributed by atoms with van der Waals surface area (Å²) in [5.74, 6) is 1.60. The molecule has 2 aromatic carbocycles. The van der Waals surface area contributed by atoms with E-state index in [2.05, 4.69) is 72.3 Å². The number of nitrogens with zero attached hydrogens (tertiary/aromatic N) is 5. The van der Waals surface area contributed by atoms with Gasteiger partial charge < -0.3 is 15.0 Å². The van der Waals surface area contributed by atoms with Gasteiger partial charge in [-0.1, -0.05) is 69.8 Å². The Morgan fingerprint density at radius 3 is 2.42 bits per heavy atom.